The van der Waals surface area contributed by atoms with Gasteiger partial charge in [-0.2, -0.15) is 4.80 Å². The Labute approximate surface area is 167 Å². The number of benzene rings is 1. The summed E-state index contributed by atoms with van der Waals surface area (Å²) in [4.78, 5) is 17.3. The van der Waals surface area contributed by atoms with Gasteiger partial charge >= 0.3 is 6.09 Å². The van der Waals surface area contributed by atoms with Crippen LogP contribution in [0.4, 0.5) is 9.93 Å². The monoisotopic (exact) mass is 400 g/mol. The van der Waals surface area contributed by atoms with E-state index in [2.05, 4.69) is 25.7 Å². The van der Waals surface area contributed by atoms with Crippen LogP contribution >= 0.6 is 11.3 Å². The van der Waals surface area contributed by atoms with E-state index in [-0.39, 0.29) is 5.13 Å². The summed E-state index contributed by atoms with van der Waals surface area (Å²) in [7, 11) is 0. The van der Waals surface area contributed by atoms with Crippen LogP contribution in [-0.4, -0.2) is 36.4 Å². The van der Waals surface area contributed by atoms with Crippen LogP contribution in [0.1, 0.15) is 45.4 Å². The molecule has 9 heteroatoms. The Hall–Kier alpha value is -2.81. The Bertz CT molecular complexity index is 877. The Kier molecular flexibility index (Phi) is 7.07. The highest BCUT2D eigenvalue weighted by Crippen LogP contribution is 2.37. The Morgan fingerprint density at radius 3 is 2.32 bits per heavy atom. The third-order valence-electron chi connectivity index (χ3n) is 4.33. The van der Waals surface area contributed by atoms with E-state index in [9.17, 15) is 4.79 Å². The highest BCUT2D eigenvalue weighted by molar-refractivity contribution is 7.19. The van der Waals surface area contributed by atoms with Gasteiger partial charge in [-0.1, -0.05) is 80.2 Å². The smallest absolute Gasteiger partial charge is 0.410 e. The Balaban J connectivity index is 0.000000320. The Morgan fingerprint density at radius 2 is 1.79 bits per heavy atom. The van der Waals surface area contributed by atoms with Crippen molar-refractivity contribution < 1.29 is 9.90 Å². The first kappa shape index (κ1) is 19.9. The number of nitrogens with zero attached hydrogens (tertiary/aromatic N) is 5. The lowest BCUT2D eigenvalue weighted by Gasteiger charge is -2.05. The van der Waals surface area contributed by atoms with Gasteiger partial charge in [-0.25, -0.2) is 9.78 Å². The highest BCUT2D eigenvalue weighted by Gasteiger charge is 2.19. The fourth-order valence-corrected chi connectivity index (χ4v) is 3.84. The van der Waals surface area contributed by atoms with Gasteiger partial charge in [0.05, 0.1) is 12.2 Å². The molecule has 1 aliphatic rings. The molecule has 1 saturated carbocycles. The van der Waals surface area contributed by atoms with E-state index < -0.39 is 6.09 Å². The van der Waals surface area contributed by atoms with Gasteiger partial charge in [0.15, 0.2) is 5.13 Å². The summed E-state index contributed by atoms with van der Waals surface area (Å²) >= 11 is 1.18. The predicted molar refractivity (Wildman–Crippen MR) is 109 cm³/mol. The lowest BCUT2D eigenvalue weighted by Crippen LogP contribution is -2.06. The number of thiazole rings is 1. The second kappa shape index (κ2) is 9.93. The fourth-order valence-electron chi connectivity index (χ4n) is 2.94. The van der Waals surface area contributed by atoms with Crippen LogP contribution in [-0.2, 0) is 6.54 Å². The predicted octanol–water partition coefficient (Wildman–Crippen LogP) is 4.91. The summed E-state index contributed by atoms with van der Waals surface area (Å²) in [5.41, 5.74) is 1.49. The number of hydrogen-bond donors (Lipinski definition) is 2. The number of nitrogens with one attached hydrogen (secondary N) is 1. The summed E-state index contributed by atoms with van der Waals surface area (Å²) in [5.74, 6) is 0.427. The first-order chi connectivity index (χ1) is 13.7. The van der Waals surface area contributed by atoms with Crippen molar-refractivity contribution in [1.29, 1.82) is 0 Å². The van der Waals surface area contributed by atoms with E-state index in [1.54, 1.807) is 0 Å². The average molecular weight is 401 g/mol. The van der Waals surface area contributed by atoms with E-state index in [1.165, 1.54) is 54.7 Å². The molecule has 0 atom stereocenters. The summed E-state index contributed by atoms with van der Waals surface area (Å²) in [6.45, 7) is 2.51. The number of carbonyl (C=O) groups is 1. The number of aryl methyl sites for hydroxylation is 1. The van der Waals surface area contributed by atoms with Gasteiger partial charge in [-0.05, 0) is 12.1 Å². The maximum atomic E-state index is 10.8. The van der Waals surface area contributed by atoms with Crippen LogP contribution in [0.5, 0.6) is 0 Å². The van der Waals surface area contributed by atoms with Crippen LogP contribution in [0.3, 0.4) is 0 Å². The van der Waals surface area contributed by atoms with Gasteiger partial charge in [-0.3, -0.25) is 5.32 Å². The number of tetrazole rings is 1. The van der Waals surface area contributed by atoms with Crippen LogP contribution < -0.4 is 5.32 Å². The number of rotatable bonds is 4. The van der Waals surface area contributed by atoms with Gasteiger partial charge in [0, 0.05) is 5.56 Å². The molecule has 1 aliphatic carbocycles. The van der Waals surface area contributed by atoms with E-state index in [4.69, 9.17) is 5.11 Å². The zero-order valence-corrected chi connectivity index (χ0v) is 16.7. The molecular weight excluding hydrogens is 376 g/mol. The van der Waals surface area contributed by atoms with Crippen LogP contribution in [0, 0.1) is 0 Å². The minimum Gasteiger partial charge on any atom is -0.465 e. The van der Waals surface area contributed by atoms with E-state index >= 15 is 0 Å². The van der Waals surface area contributed by atoms with Crippen LogP contribution in [0.25, 0.3) is 22.0 Å². The quantitative estimate of drug-likeness (QED) is 0.644. The van der Waals surface area contributed by atoms with Crippen molar-refractivity contribution in [2.24, 2.45) is 0 Å². The molecule has 2 heterocycles. The third kappa shape index (κ3) is 5.35. The third-order valence-corrected chi connectivity index (χ3v) is 5.29. The number of anilines is 1. The lowest BCUT2D eigenvalue weighted by atomic mass is 10.0. The van der Waals surface area contributed by atoms with E-state index in [0.29, 0.717) is 22.9 Å². The number of amides is 1. The van der Waals surface area contributed by atoms with Crippen molar-refractivity contribution in [2.45, 2.75) is 52.0 Å². The second-order valence-corrected chi connectivity index (χ2v) is 7.41. The molecule has 1 amide bonds. The highest BCUT2D eigenvalue weighted by atomic mass is 32.1. The van der Waals surface area contributed by atoms with Gasteiger partial charge in [-0.15, -0.1) is 10.2 Å². The number of hydrogen-bond acceptors (Lipinski definition) is 6. The van der Waals surface area contributed by atoms with Gasteiger partial charge in [0.1, 0.15) is 4.88 Å². The summed E-state index contributed by atoms with van der Waals surface area (Å²) in [5, 5.41) is 23.6. The molecule has 0 spiro atoms. The molecule has 0 bridgehead atoms. The van der Waals surface area contributed by atoms with Crippen molar-refractivity contribution >= 4 is 22.6 Å². The molecule has 2 aromatic heterocycles. The van der Waals surface area contributed by atoms with Crippen molar-refractivity contribution in [1.82, 2.24) is 25.2 Å². The SMILES string of the molecule is C1CCCCC1.CCn1nnc(-c2sc(NC(=O)O)nc2-c2ccccc2)n1. The molecule has 0 radical (unpaired) electrons. The maximum Gasteiger partial charge on any atom is 0.410 e. The van der Waals surface area contributed by atoms with Crippen molar-refractivity contribution in [3.05, 3.63) is 30.3 Å². The summed E-state index contributed by atoms with van der Waals surface area (Å²) in [6.07, 6.45) is 7.84. The van der Waals surface area contributed by atoms with Crippen LogP contribution in [0.2, 0.25) is 0 Å². The van der Waals surface area contributed by atoms with Crippen LogP contribution in [0.15, 0.2) is 30.3 Å². The van der Waals surface area contributed by atoms with Gasteiger partial charge in [0.2, 0.25) is 5.82 Å². The Morgan fingerprint density at radius 1 is 1.14 bits per heavy atom. The average Bonchev–Trinajstić information content (AvgIpc) is 3.37. The van der Waals surface area contributed by atoms with Gasteiger partial charge in [0.25, 0.3) is 0 Å². The minimum absolute atomic E-state index is 0.272. The first-order valence-electron chi connectivity index (χ1n) is 9.51. The largest absolute Gasteiger partial charge is 0.465 e. The molecule has 148 valence electrons. The second-order valence-electron chi connectivity index (χ2n) is 6.42. The zero-order chi connectivity index (χ0) is 19.8. The lowest BCUT2D eigenvalue weighted by molar-refractivity contribution is 0.209. The van der Waals surface area contributed by atoms with Gasteiger partial charge < -0.3 is 5.11 Å². The minimum atomic E-state index is -1.16. The zero-order valence-electron chi connectivity index (χ0n) is 15.8. The molecule has 0 unspecified atom stereocenters. The molecule has 1 fully saturated rings. The number of carboxylic acid groups (broad SMARTS) is 1. The van der Waals surface area contributed by atoms with Crippen molar-refractivity contribution in [2.75, 3.05) is 5.32 Å². The summed E-state index contributed by atoms with van der Waals surface area (Å²) < 4.78 is 0. The molecular formula is C19H24N6O2S. The summed E-state index contributed by atoms with van der Waals surface area (Å²) in [6, 6.07) is 9.47. The molecule has 4 rings (SSSR count). The van der Waals surface area contributed by atoms with Crippen molar-refractivity contribution in [3.63, 3.8) is 0 Å². The van der Waals surface area contributed by atoms with Crippen molar-refractivity contribution in [3.8, 4) is 22.0 Å². The van der Waals surface area contributed by atoms with E-state index in [0.717, 1.165) is 5.56 Å². The number of aromatic nitrogens is 5. The molecule has 0 aliphatic heterocycles. The molecule has 8 nitrogen and oxygen atoms in total. The molecule has 2 N–H and O–H groups in total. The molecule has 3 aromatic rings. The normalized spacial score (nSPS) is 13.5. The van der Waals surface area contributed by atoms with E-state index in [1.807, 2.05) is 37.3 Å². The maximum absolute atomic E-state index is 10.8. The topological polar surface area (TPSA) is 106 Å². The molecule has 28 heavy (non-hydrogen) atoms. The molecule has 0 saturated heterocycles. The first-order valence-corrected chi connectivity index (χ1v) is 10.3. The molecule has 1 aromatic carbocycles. The fraction of sp³-hybridized carbons (Fsp3) is 0.421. The standard InChI is InChI=1S/C13H12N6O2S.C6H12/c1-2-19-17-11(16-18-19)10-9(8-6-4-3-5-7-8)14-12(22-10)15-13(20)21;1-2-4-6-5-3-1/h3-7H,2H2,1H3,(H,14,15)(H,20,21);1-6H2.